The van der Waals surface area contributed by atoms with Crippen LogP contribution in [0.25, 0.3) is 11.4 Å². The molecule has 0 saturated heterocycles. The lowest BCUT2D eigenvalue weighted by Crippen LogP contribution is -1.92. The molecular formula is C16H10N4O4. The van der Waals surface area contributed by atoms with E-state index in [-0.39, 0.29) is 17.0 Å². The van der Waals surface area contributed by atoms with Crippen molar-refractivity contribution in [1.82, 2.24) is 10.1 Å². The Balaban J connectivity index is 1.84. The van der Waals surface area contributed by atoms with Crippen molar-refractivity contribution in [3.05, 3.63) is 64.0 Å². The van der Waals surface area contributed by atoms with Crippen LogP contribution in [0.15, 0.2) is 47.0 Å². The first-order valence-electron chi connectivity index (χ1n) is 6.84. The maximum Gasteiger partial charge on any atom is 0.271 e. The van der Waals surface area contributed by atoms with Crippen molar-refractivity contribution >= 4 is 5.69 Å². The van der Waals surface area contributed by atoms with Crippen molar-refractivity contribution in [2.75, 3.05) is 0 Å². The van der Waals surface area contributed by atoms with Gasteiger partial charge in [-0.05, 0) is 30.3 Å². The Bertz CT molecular complexity index is 941. The quantitative estimate of drug-likeness (QED) is 0.532. The van der Waals surface area contributed by atoms with Gasteiger partial charge < -0.3 is 9.26 Å². The zero-order valence-corrected chi connectivity index (χ0v) is 12.5. The van der Waals surface area contributed by atoms with Crippen LogP contribution in [0.1, 0.15) is 11.5 Å². The van der Waals surface area contributed by atoms with Crippen molar-refractivity contribution in [1.29, 1.82) is 5.26 Å². The normalized spacial score (nSPS) is 10.2. The molecule has 3 rings (SSSR count). The predicted octanol–water partition coefficient (Wildman–Crippen LogP) is 3.62. The molecule has 8 heteroatoms. The van der Waals surface area contributed by atoms with E-state index in [2.05, 4.69) is 10.1 Å². The van der Waals surface area contributed by atoms with Crippen LogP contribution in [-0.2, 0) is 0 Å². The van der Waals surface area contributed by atoms with Crippen molar-refractivity contribution in [2.45, 2.75) is 6.92 Å². The molecule has 1 aromatic heterocycles. The Morgan fingerprint density at radius 2 is 2.00 bits per heavy atom. The van der Waals surface area contributed by atoms with Crippen molar-refractivity contribution in [3.63, 3.8) is 0 Å². The number of ether oxygens (including phenoxy) is 1. The van der Waals surface area contributed by atoms with Gasteiger partial charge in [-0.15, -0.1) is 0 Å². The number of nitro groups is 1. The van der Waals surface area contributed by atoms with Gasteiger partial charge in [-0.1, -0.05) is 5.16 Å². The van der Waals surface area contributed by atoms with E-state index in [0.29, 0.717) is 17.5 Å². The number of benzene rings is 2. The first-order valence-corrected chi connectivity index (χ1v) is 6.84. The second kappa shape index (κ2) is 6.18. The van der Waals surface area contributed by atoms with Gasteiger partial charge in [0.05, 0.1) is 4.92 Å². The Morgan fingerprint density at radius 3 is 2.58 bits per heavy atom. The molecular weight excluding hydrogens is 312 g/mol. The summed E-state index contributed by atoms with van der Waals surface area (Å²) >= 11 is 0. The molecule has 24 heavy (non-hydrogen) atoms. The molecule has 0 saturated carbocycles. The third-order valence-electron chi connectivity index (χ3n) is 3.16. The Labute approximate surface area is 136 Å². The summed E-state index contributed by atoms with van der Waals surface area (Å²) in [6.45, 7) is 1.70. The highest BCUT2D eigenvalue weighted by Crippen LogP contribution is 2.29. The van der Waals surface area contributed by atoms with E-state index in [4.69, 9.17) is 14.5 Å². The first kappa shape index (κ1) is 15.2. The molecule has 0 atom stereocenters. The molecule has 0 spiro atoms. The fourth-order valence-corrected chi connectivity index (χ4v) is 2.02. The molecule has 0 radical (unpaired) electrons. The summed E-state index contributed by atoms with van der Waals surface area (Å²) in [5.41, 5.74) is 0.673. The van der Waals surface area contributed by atoms with Crippen LogP contribution in [0.5, 0.6) is 11.5 Å². The van der Waals surface area contributed by atoms with Crippen LogP contribution < -0.4 is 4.74 Å². The first-order chi connectivity index (χ1) is 11.6. The third kappa shape index (κ3) is 3.05. The van der Waals surface area contributed by atoms with Crippen molar-refractivity contribution in [3.8, 4) is 29.0 Å². The number of aryl methyl sites for hydroxylation is 1. The van der Waals surface area contributed by atoms with E-state index < -0.39 is 4.92 Å². The minimum absolute atomic E-state index is 0.0852. The van der Waals surface area contributed by atoms with Gasteiger partial charge >= 0.3 is 0 Å². The summed E-state index contributed by atoms with van der Waals surface area (Å²) < 4.78 is 10.5. The maximum atomic E-state index is 10.7. The lowest BCUT2D eigenvalue weighted by atomic mass is 10.2. The minimum Gasteiger partial charge on any atom is -0.456 e. The van der Waals surface area contributed by atoms with E-state index >= 15 is 0 Å². The molecule has 118 valence electrons. The van der Waals surface area contributed by atoms with E-state index in [1.165, 1.54) is 18.2 Å². The minimum atomic E-state index is -0.563. The molecule has 2 aromatic carbocycles. The number of nitro benzene ring substituents is 1. The SMILES string of the molecule is Cc1nc(-c2ccc(Oc3ccc([N+](=O)[O-])cc3C#N)cc2)no1. The Morgan fingerprint density at radius 1 is 1.25 bits per heavy atom. The molecule has 8 nitrogen and oxygen atoms in total. The summed E-state index contributed by atoms with van der Waals surface area (Å²) in [6.07, 6.45) is 0. The van der Waals surface area contributed by atoms with Crippen molar-refractivity contribution < 1.29 is 14.2 Å². The Kier molecular flexibility index (Phi) is 3.91. The molecule has 0 amide bonds. The molecule has 0 aliphatic carbocycles. The van der Waals surface area contributed by atoms with Gasteiger partial charge in [0, 0.05) is 24.6 Å². The van der Waals surface area contributed by atoms with Crippen LogP contribution in [-0.4, -0.2) is 15.1 Å². The lowest BCUT2D eigenvalue weighted by molar-refractivity contribution is -0.384. The molecule has 0 N–H and O–H groups in total. The molecule has 0 aliphatic heterocycles. The third-order valence-corrected chi connectivity index (χ3v) is 3.16. The number of hydrogen-bond acceptors (Lipinski definition) is 7. The standard InChI is InChI=1S/C16H10N4O4/c1-10-18-16(19-24-10)11-2-5-14(6-3-11)23-15-7-4-13(20(21)22)8-12(15)9-17/h2-8H,1H3. The molecule has 1 heterocycles. The van der Waals surface area contributed by atoms with Gasteiger partial charge in [0.1, 0.15) is 23.1 Å². The number of nitriles is 1. The number of aromatic nitrogens is 2. The van der Waals surface area contributed by atoms with Crippen LogP contribution in [0.2, 0.25) is 0 Å². The monoisotopic (exact) mass is 322 g/mol. The largest absolute Gasteiger partial charge is 0.456 e. The van der Waals surface area contributed by atoms with Crippen LogP contribution >= 0.6 is 0 Å². The summed E-state index contributed by atoms with van der Waals surface area (Å²) in [7, 11) is 0. The fraction of sp³-hybridized carbons (Fsp3) is 0.0625. The maximum absolute atomic E-state index is 10.7. The van der Waals surface area contributed by atoms with Gasteiger partial charge in [0.25, 0.3) is 5.69 Å². The van der Waals surface area contributed by atoms with E-state index in [1.54, 1.807) is 31.2 Å². The molecule has 0 unspecified atom stereocenters. The second-order valence-electron chi connectivity index (χ2n) is 4.81. The lowest BCUT2D eigenvalue weighted by Gasteiger charge is -2.07. The van der Waals surface area contributed by atoms with E-state index in [9.17, 15) is 10.1 Å². The summed E-state index contributed by atoms with van der Waals surface area (Å²) in [5, 5.41) is 23.7. The van der Waals surface area contributed by atoms with Crippen LogP contribution in [0, 0.1) is 28.4 Å². The molecule has 0 aliphatic rings. The van der Waals surface area contributed by atoms with Gasteiger partial charge in [-0.25, -0.2) is 0 Å². The second-order valence-corrected chi connectivity index (χ2v) is 4.81. The fourth-order valence-electron chi connectivity index (χ4n) is 2.02. The van der Waals surface area contributed by atoms with Crippen LogP contribution in [0.4, 0.5) is 5.69 Å². The van der Waals surface area contributed by atoms with E-state index in [0.717, 1.165) is 5.56 Å². The van der Waals surface area contributed by atoms with Gasteiger partial charge in [-0.3, -0.25) is 10.1 Å². The Hall–Kier alpha value is -3.73. The molecule has 0 fully saturated rings. The highest BCUT2D eigenvalue weighted by molar-refractivity contribution is 5.56. The van der Waals surface area contributed by atoms with Crippen LogP contribution in [0.3, 0.4) is 0 Å². The summed E-state index contributed by atoms with van der Waals surface area (Å²) in [5.74, 6) is 1.65. The van der Waals surface area contributed by atoms with Gasteiger partial charge in [-0.2, -0.15) is 10.2 Å². The smallest absolute Gasteiger partial charge is 0.271 e. The average molecular weight is 322 g/mol. The number of nitrogens with zero attached hydrogens (tertiary/aromatic N) is 4. The number of hydrogen-bond donors (Lipinski definition) is 0. The molecule has 0 bridgehead atoms. The highest BCUT2D eigenvalue weighted by Gasteiger charge is 2.12. The number of rotatable bonds is 4. The summed E-state index contributed by atoms with van der Waals surface area (Å²) in [4.78, 5) is 14.3. The number of non-ortho nitro benzene ring substituents is 1. The van der Waals surface area contributed by atoms with Gasteiger partial charge in [0.2, 0.25) is 11.7 Å². The predicted molar refractivity (Wildman–Crippen MR) is 82.4 cm³/mol. The molecule has 3 aromatic rings. The summed E-state index contributed by atoms with van der Waals surface area (Å²) in [6, 6.07) is 12.6. The topological polar surface area (TPSA) is 115 Å². The zero-order chi connectivity index (χ0) is 17.1. The zero-order valence-electron chi connectivity index (χ0n) is 12.5. The highest BCUT2D eigenvalue weighted by atomic mass is 16.6. The van der Waals surface area contributed by atoms with E-state index in [1.807, 2.05) is 6.07 Å². The van der Waals surface area contributed by atoms with Gasteiger partial charge in [0.15, 0.2) is 0 Å². The van der Waals surface area contributed by atoms with Crippen molar-refractivity contribution in [2.24, 2.45) is 0 Å². The average Bonchev–Trinajstić information content (AvgIpc) is 3.02.